The molecule has 4 rings (SSSR count). The zero-order valence-corrected chi connectivity index (χ0v) is 24.9. The zero-order valence-electron chi connectivity index (χ0n) is 24.9. The van der Waals surface area contributed by atoms with Crippen LogP contribution in [0.3, 0.4) is 0 Å². The Morgan fingerprint density at radius 1 is 1.11 bits per heavy atom. The molecule has 0 bridgehead atoms. The lowest BCUT2D eigenvalue weighted by molar-refractivity contribution is 0.193. The highest BCUT2D eigenvalue weighted by atomic mass is 15.1. The van der Waals surface area contributed by atoms with Crippen LogP contribution in [0, 0.1) is 5.92 Å². The van der Waals surface area contributed by atoms with E-state index in [2.05, 4.69) is 81.1 Å². The molecule has 3 aliphatic rings. The number of rotatable bonds is 10. The molecule has 3 nitrogen and oxygen atoms in total. The topological polar surface area (TPSA) is 18.8 Å². The first-order valence-corrected chi connectivity index (χ1v) is 15.0. The molecule has 1 aromatic rings. The molecule has 0 N–H and O–H groups in total. The van der Waals surface area contributed by atoms with Crippen LogP contribution in [0.2, 0.25) is 0 Å². The van der Waals surface area contributed by atoms with Gasteiger partial charge < -0.3 is 4.90 Å². The Bertz CT molecular complexity index is 983. The lowest BCUT2D eigenvalue weighted by Crippen LogP contribution is -2.35. The fraction of sp³-hybridized carbons (Fsp3) is 0.618. The summed E-state index contributed by atoms with van der Waals surface area (Å²) in [4.78, 5) is 10.3. The van der Waals surface area contributed by atoms with Gasteiger partial charge in [-0.05, 0) is 121 Å². The third-order valence-electron chi connectivity index (χ3n) is 7.98. The largest absolute Gasteiger partial charge is 0.305 e. The fourth-order valence-electron chi connectivity index (χ4n) is 5.98. The van der Waals surface area contributed by atoms with Gasteiger partial charge in [-0.2, -0.15) is 0 Å². The molecule has 0 aromatic heterocycles. The maximum atomic E-state index is 5.31. The number of hydrogen-bond donors (Lipinski definition) is 0. The smallest absolute Gasteiger partial charge is 0.0759 e. The van der Waals surface area contributed by atoms with Crippen LogP contribution >= 0.6 is 0 Å². The molecule has 1 fully saturated rings. The number of benzene rings is 1. The summed E-state index contributed by atoms with van der Waals surface area (Å²) in [7, 11) is 4.38. The van der Waals surface area contributed by atoms with Gasteiger partial charge in [0.05, 0.1) is 6.04 Å². The molecule has 0 radical (unpaired) electrons. The average Bonchev–Trinajstić information content (AvgIpc) is 3.27. The molecule has 3 heteroatoms. The Kier molecular flexibility index (Phi) is 11.9. The molecule has 37 heavy (non-hydrogen) atoms. The van der Waals surface area contributed by atoms with Gasteiger partial charge in [-0.3, -0.25) is 9.89 Å². The second kappa shape index (κ2) is 14.8. The second-order valence-corrected chi connectivity index (χ2v) is 11.4. The van der Waals surface area contributed by atoms with Crippen molar-refractivity contribution in [3.05, 3.63) is 69.8 Å². The van der Waals surface area contributed by atoms with Gasteiger partial charge in [0.1, 0.15) is 0 Å². The van der Waals surface area contributed by atoms with Crippen molar-refractivity contribution >= 4 is 5.71 Å². The molecule has 2 aliphatic heterocycles. The third kappa shape index (κ3) is 8.26. The number of piperidine rings is 1. The molecule has 2 heterocycles. The molecule has 1 atom stereocenters. The molecule has 0 amide bonds. The molecule has 0 spiro atoms. The van der Waals surface area contributed by atoms with E-state index in [0.29, 0.717) is 6.04 Å². The van der Waals surface area contributed by atoms with E-state index >= 15 is 0 Å². The van der Waals surface area contributed by atoms with E-state index < -0.39 is 0 Å². The number of allylic oxidation sites excluding steroid dienone is 4. The van der Waals surface area contributed by atoms with E-state index in [-0.39, 0.29) is 0 Å². The summed E-state index contributed by atoms with van der Waals surface area (Å²) in [6.07, 6.45) is 19.1. The predicted molar refractivity (Wildman–Crippen MR) is 163 cm³/mol. The summed E-state index contributed by atoms with van der Waals surface area (Å²) >= 11 is 0. The van der Waals surface area contributed by atoms with Crippen molar-refractivity contribution in [3.63, 3.8) is 0 Å². The number of nitrogens with zero attached hydrogens (tertiary/aromatic N) is 3. The van der Waals surface area contributed by atoms with Crippen LogP contribution in [0.5, 0.6) is 0 Å². The van der Waals surface area contributed by atoms with Gasteiger partial charge in [-0.25, -0.2) is 0 Å². The number of likely N-dealkylation sites (tertiary alicyclic amines) is 1. The SMILES string of the molecule is CC.CCC1N=C(CCC2CCN(CC3=CCCC=C3)CC2)c2ccc(CC=C(C)C)c(CN(C)C)c21. The van der Waals surface area contributed by atoms with Gasteiger partial charge in [0.2, 0.25) is 0 Å². The van der Waals surface area contributed by atoms with E-state index in [1.54, 1.807) is 0 Å². The Balaban J connectivity index is 0.00000186. The van der Waals surface area contributed by atoms with Gasteiger partial charge >= 0.3 is 0 Å². The average molecular weight is 504 g/mol. The minimum Gasteiger partial charge on any atom is -0.305 e. The van der Waals surface area contributed by atoms with Crippen LogP contribution in [0.4, 0.5) is 0 Å². The fourth-order valence-corrected chi connectivity index (χ4v) is 5.98. The number of fused-ring (bicyclic) bond motifs is 1. The van der Waals surface area contributed by atoms with Gasteiger partial charge in [-0.1, -0.05) is 62.8 Å². The van der Waals surface area contributed by atoms with Gasteiger partial charge in [0, 0.05) is 24.4 Å². The van der Waals surface area contributed by atoms with E-state index in [1.165, 1.54) is 84.3 Å². The molecule has 204 valence electrons. The minimum absolute atomic E-state index is 0.334. The third-order valence-corrected chi connectivity index (χ3v) is 7.98. The maximum Gasteiger partial charge on any atom is 0.0759 e. The van der Waals surface area contributed by atoms with Crippen molar-refractivity contribution in [1.82, 2.24) is 9.80 Å². The van der Waals surface area contributed by atoms with Crippen LogP contribution in [-0.2, 0) is 13.0 Å². The standard InChI is InChI=1S/C32H47N3.C2H6/c1-6-30-32-28(16-15-27(14-12-24(2)3)29(32)23-34(4)5)31(33-30)17-13-25-18-20-35(21-19-25)22-26-10-8-7-9-11-26;1-2/h8,10-12,15-16,25,30H,6-7,9,13-14,17-23H2,1-5H3;1-2H3. The quantitative estimate of drug-likeness (QED) is 0.299. The van der Waals surface area contributed by atoms with E-state index in [9.17, 15) is 0 Å². The van der Waals surface area contributed by atoms with Gasteiger partial charge in [-0.15, -0.1) is 0 Å². The Hall–Kier alpha value is -1.97. The number of hydrogen-bond acceptors (Lipinski definition) is 3. The van der Waals surface area contributed by atoms with Crippen LogP contribution in [0.15, 0.2) is 52.6 Å². The summed E-state index contributed by atoms with van der Waals surface area (Å²) < 4.78 is 0. The van der Waals surface area contributed by atoms with Crippen LogP contribution < -0.4 is 0 Å². The van der Waals surface area contributed by atoms with Crippen molar-refractivity contribution in [2.45, 2.75) is 98.6 Å². The van der Waals surface area contributed by atoms with Crippen molar-refractivity contribution in [2.75, 3.05) is 33.7 Å². The minimum atomic E-state index is 0.334. The van der Waals surface area contributed by atoms with E-state index in [0.717, 1.165) is 38.3 Å². The van der Waals surface area contributed by atoms with E-state index in [1.807, 2.05) is 13.8 Å². The van der Waals surface area contributed by atoms with E-state index in [4.69, 9.17) is 4.99 Å². The van der Waals surface area contributed by atoms with Crippen molar-refractivity contribution in [3.8, 4) is 0 Å². The monoisotopic (exact) mass is 503 g/mol. The van der Waals surface area contributed by atoms with Crippen molar-refractivity contribution < 1.29 is 0 Å². The maximum absolute atomic E-state index is 5.31. The van der Waals surface area contributed by atoms with Gasteiger partial charge in [0.15, 0.2) is 0 Å². The Morgan fingerprint density at radius 2 is 1.86 bits per heavy atom. The molecular weight excluding hydrogens is 450 g/mol. The molecule has 0 saturated carbocycles. The highest BCUT2D eigenvalue weighted by Gasteiger charge is 2.29. The second-order valence-electron chi connectivity index (χ2n) is 11.4. The Morgan fingerprint density at radius 3 is 2.49 bits per heavy atom. The molecular formula is C34H53N3. The first-order chi connectivity index (χ1) is 17.9. The van der Waals surface area contributed by atoms with Crippen LogP contribution in [-0.4, -0.2) is 49.2 Å². The van der Waals surface area contributed by atoms with Crippen LogP contribution in [0.25, 0.3) is 0 Å². The predicted octanol–water partition coefficient (Wildman–Crippen LogP) is 8.31. The number of aliphatic imine (C=N–C) groups is 1. The molecule has 1 saturated heterocycles. The zero-order chi connectivity index (χ0) is 26.8. The molecule has 1 aromatic carbocycles. The molecule has 1 unspecified atom stereocenters. The summed E-state index contributed by atoms with van der Waals surface area (Å²) in [5, 5.41) is 0. The molecule has 1 aliphatic carbocycles. The van der Waals surface area contributed by atoms with Crippen LogP contribution in [0.1, 0.15) is 108 Å². The lowest BCUT2D eigenvalue weighted by Gasteiger charge is -2.32. The highest BCUT2D eigenvalue weighted by molar-refractivity contribution is 6.04. The van der Waals surface area contributed by atoms with Crippen molar-refractivity contribution in [2.24, 2.45) is 10.9 Å². The van der Waals surface area contributed by atoms with Gasteiger partial charge in [0.25, 0.3) is 0 Å². The summed E-state index contributed by atoms with van der Waals surface area (Å²) in [5.41, 5.74) is 10.3. The lowest BCUT2D eigenvalue weighted by atomic mass is 9.86. The van der Waals surface area contributed by atoms with Crippen molar-refractivity contribution in [1.29, 1.82) is 0 Å². The first kappa shape index (κ1) is 29.6. The summed E-state index contributed by atoms with van der Waals surface area (Å²) in [6, 6.07) is 5.11. The first-order valence-electron chi connectivity index (χ1n) is 15.0. The summed E-state index contributed by atoms with van der Waals surface area (Å²) in [5.74, 6) is 0.840. The Labute approximate surface area is 228 Å². The summed E-state index contributed by atoms with van der Waals surface area (Å²) in [6.45, 7) is 15.3. The normalized spacial score (nSPS) is 19.7. The highest BCUT2D eigenvalue weighted by Crippen LogP contribution is 2.39.